The van der Waals surface area contributed by atoms with E-state index in [-0.39, 0.29) is 24.5 Å². The lowest BCUT2D eigenvalue weighted by atomic mass is 10.1. The third-order valence-electron chi connectivity index (χ3n) is 5.13. The first-order valence-electron chi connectivity index (χ1n) is 10.3. The highest BCUT2D eigenvalue weighted by Gasteiger charge is 2.27. The maximum absolute atomic E-state index is 13.1. The maximum atomic E-state index is 13.1. The van der Waals surface area contributed by atoms with Crippen LogP contribution in [0.25, 0.3) is 0 Å². The highest BCUT2D eigenvalue weighted by Crippen LogP contribution is 2.20. The van der Waals surface area contributed by atoms with E-state index in [2.05, 4.69) is 21.2 Å². The highest BCUT2D eigenvalue weighted by atomic mass is 79.9. The molecule has 0 aromatic heterocycles. The Morgan fingerprint density at radius 3 is 2.40 bits per heavy atom. The van der Waals surface area contributed by atoms with Crippen LogP contribution in [0.2, 0.25) is 0 Å². The Bertz CT molecular complexity index is 867. The summed E-state index contributed by atoms with van der Waals surface area (Å²) in [6.07, 6.45) is 0.828. The molecule has 6 heteroatoms. The van der Waals surface area contributed by atoms with Crippen molar-refractivity contribution >= 4 is 27.7 Å². The number of carbonyl (C=O) groups is 2. The average molecular weight is 475 g/mol. The van der Waals surface area contributed by atoms with Crippen LogP contribution in [0.3, 0.4) is 0 Å². The molecule has 162 valence electrons. The van der Waals surface area contributed by atoms with Gasteiger partial charge in [-0.05, 0) is 69.0 Å². The van der Waals surface area contributed by atoms with Crippen molar-refractivity contribution in [2.24, 2.45) is 0 Å². The number of benzene rings is 2. The fourth-order valence-electron chi connectivity index (χ4n) is 2.92. The van der Waals surface area contributed by atoms with Crippen LogP contribution < -0.4 is 10.1 Å². The van der Waals surface area contributed by atoms with E-state index in [1.165, 1.54) is 0 Å². The SMILES string of the molecule is CC[C@H](C)NC(=O)[C@H](C)N(Cc1ccc(Br)cc1)C(=O)COc1cc(C)ccc1C. The molecule has 0 aliphatic carbocycles. The minimum atomic E-state index is -0.614. The maximum Gasteiger partial charge on any atom is 0.261 e. The van der Waals surface area contributed by atoms with Crippen LogP contribution >= 0.6 is 15.9 Å². The third kappa shape index (κ3) is 6.87. The molecule has 2 atom stereocenters. The molecule has 5 nitrogen and oxygen atoms in total. The lowest BCUT2D eigenvalue weighted by Gasteiger charge is -2.29. The van der Waals surface area contributed by atoms with Crippen LogP contribution in [-0.2, 0) is 16.1 Å². The largest absolute Gasteiger partial charge is 0.483 e. The van der Waals surface area contributed by atoms with Gasteiger partial charge in [0.1, 0.15) is 11.8 Å². The Hall–Kier alpha value is -2.34. The van der Waals surface area contributed by atoms with E-state index in [1.807, 2.05) is 70.2 Å². The van der Waals surface area contributed by atoms with Crippen molar-refractivity contribution in [1.29, 1.82) is 0 Å². The second-order valence-electron chi connectivity index (χ2n) is 7.70. The van der Waals surface area contributed by atoms with Crippen LogP contribution in [0.1, 0.15) is 43.9 Å². The van der Waals surface area contributed by atoms with Crippen LogP contribution in [0.5, 0.6) is 5.75 Å². The Morgan fingerprint density at radius 1 is 1.10 bits per heavy atom. The summed E-state index contributed by atoms with van der Waals surface area (Å²) < 4.78 is 6.78. The van der Waals surface area contributed by atoms with E-state index in [0.717, 1.165) is 27.6 Å². The summed E-state index contributed by atoms with van der Waals surface area (Å²) in [5, 5.41) is 2.97. The van der Waals surface area contributed by atoms with E-state index in [4.69, 9.17) is 4.74 Å². The number of carbonyl (C=O) groups excluding carboxylic acids is 2. The predicted molar refractivity (Wildman–Crippen MR) is 123 cm³/mol. The molecule has 0 heterocycles. The molecule has 0 saturated heterocycles. The molecule has 0 radical (unpaired) electrons. The number of ether oxygens (including phenoxy) is 1. The van der Waals surface area contributed by atoms with Crippen LogP contribution in [0.4, 0.5) is 0 Å². The van der Waals surface area contributed by atoms with Gasteiger partial charge in [-0.3, -0.25) is 9.59 Å². The molecule has 0 aliphatic heterocycles. The molecular weight excluding hydrogens is 444 g/mol. The van der Waals surface area contributed by atoms with Crippen LogP contribution in [-0.4, -0.2) is 35.4 Å². The van der Waals surface area contributed by atoms with E-state index in [9.17, 15) is 9.59 Å². The quantitative estimate of drug-likeness (QED) is 0.568. The molecular formula is C24H31BrN2O3. The van der Waals surface area contributed by atoms with Gasteiger partial charge in [0.15, 0.2) is 6.61 Å². The normalized spacial score (nSPS) is 12.7. The van der Waals surface area contributed by atoms with Gasteiger partial charge >= 0.3 is 0 Å². The molecule has 30 heavy (non-hydrogen) atoms. The first-order chi connectivity index (χ1) is 14.2. The topological polar surface area (TPSA) is 58.6 Å². The molecule has 1 N–H and O–H groups in total. The standard InChI is InChI=1S/C24H31BrN2O3/c1-6-18(4)26-24(29)19(5)27(14-20-9-11-21(25)12-10-20)23(28)15-30-22-13-16(2)7-8-17(22)3/h7-13,18-19H,6,14-15H2,1-5H3,(H,26,29)/t18-,19-/m0/s1. The number of nitrogens with one attached hydrogen (secondary N) is 1. The van der Waals surface area contributed by atoms with Gasteiger partial charge in [0.25, 0.3) is 5.91 Å². The summed E-state index contributed by atoms with van der Waals surface area (Å²) >= 11 is 3.43. The Labute approximate surface area is 187 Å². The number of amides is 2. The number of halogens is 1. The summed E-state index contributed by atoms with van der Waals surface area (Å²) in [7, 11) is 0. The second-order valence-corrected chi connectivity index (χ2v) is 8.62. The van der Waals surface area contributed by atoms with Gasteiger partial charge in [-0.2, -0.15) is 0 Å². The van der Waals surface area contributed by atoms with Crippen molar-refractivity contribution in [3.63, 3.8) is 0 Å². The van der Waals surface area contributed by atoms with E-state index >= 15 is 0 Å². The van der Waals surface area contributed by atoms with Gasteiger partial charge in [0.05, 0.1) is 0 Å². The first kappa shape index (κ1) is 23.9. The van der Waals surface area contributed by atoms with Crippen molar-refractivity contribution in [3.8, 4) is 5.75 Å². The van der Waals surface area contributed by atoms with Gasteiger partial charge < -0.3 is 15.0 Å². The molecule has 0 saturated carbocycles. The number of hydrogen-bond donors (Lipinski definition) is 1. The van der Waals surface area contributed by atoms with Gasteiger partial charge in [0.2, 0.25) is 5.91 Å². The summed E-state index contributed by atoms with van der Waals surface area (Å²) in [6.45, 7) is 9.86. The Morgan fingerprint density at radius 2 is 1.77 bits per heavy atom. The van der Waals surface area contributed by atoms with Gasteiger partial charge in [-0.15, -0.1) is 0 Å². The molecule has 2 rings (SSSR count). The van der Waals surface area contributed by atoms with Crippen LogP contribution in [0.15, 0.2) is 46.9 Å². The molecule has 0 unspecified atom stereocenters. The minimum Gasteiger partial charge on any atom is -0.483 e. The van der Waals surface area contributed by atoms with Crippen molar-refractivity contribution in [3.05, 3.63) is 63.6 Å². The first-order valence-corrected chi connectivity index (χ1v) is 11.0. The van der Waals surface area contributed by atoms with E-state index in [1.54, 1.807) is 11.8 Å². The Kier molecular flexibility index (Phi) is 8.90. The predicted octanol–water partition coefficient (Wildman–Crippen LogP) is 4.78. The van der Waals surface area contributed by atoms with E-state index < -0.39 is 6.04 Å². The van der Waals surface area contributed by atoms with Gasteiger partial charge in [0, 0.05) is 17.1 Å². The van der Waals surface area contributed by atoms with Crippen molar-refractivity contribution in [2.75, 3.05) is 6.61 Å². The second kappa shape index (κ2) is 11.2. The lowest BCUT2D eigenvalue weighted by Crippen LogP contribution is -2.50. The number of rotatable bonds is 9. The zero-order valence-electron chi connectivity index (χ0n) is 18.4. The molecule has 0 aliphatic rings. The summed E-state index contributed by atoms with van der Waals surface area (Å²) in [4.78, 5) is 27.4. The Balaban J connectivity index is 2.17. The number of hydrogen-bond acceptors (Lipinski definition) is 3. The zero-order valence-corrected chi connectivity index (χ0v) is 20.0. The molecule has 0 spiro atoms. The molecule has 0 fully saturated rings. The molecule has 2 aromatic rings. The van der Waals surface area contributed by atoms with Crippen LogP contribution in [0, 0.1) is 13.8 Å². The van der Waals surface area contributed by atoms with Crippen molar-refractivity contribution in [1.82, 2.24) is 10.2 Å². The third-order valence-corrected chi connectivity index (χ3v) is 5.66. The zero-order chi connectivity index (χ0) is 22.3. The summed E-state index contributed by atoms with van der Waals surface area (Å²) in [6, 6.07) is 13.1. The summed E-state index contributed by atoms with van der Waals surface area (Å²) in [5.74, 6) is 0.288. The fraction of sp³-hybridized carbons (Fsp3) is 0.417. The summed E-state index contributed by atoms with van der Waals surface area (Å²) in [5.41, 5.74) is 2.98. The van der Waals surface area contributed by atoms with Gasteiger partial charge in [-0.1, -0.05) is 47.1 Å². The van der Waals surface area contributed by atoms with E-state index in [0.29, 0.717) is 12.3 Å². The highest BCUT2D eigenvalue weighted by molar-refractivity contribution is 9.10. The monoisotopic (exact) mass is 474 g/mol. The van der Waals surface area contributed by atoms with Crippen molar-refractivity contribution < 1.29 is 14.3 Å². The minimum absolute atomic E-state index is 0.0516. The smallest absolute Gasteiger partial charge is 0.261 e. The molecule has 2 amide bonds. The lowest BCUT2D eigenvalue weighted by molar-refractivity contribution is -0.142. The average Bonchev–Trinajstić information content (AvgIpc) is 2.73. The molecule has 0 bridgehead atoms. The number of aryl methyl sites for hydroxylation is 2. The number of nitrogens with zero attached hydrogens (tertiary/aromatic N) is 1. The van der Waals surface area contributed by atoms with Crippen molar-refractivity contribution in [2.45, 2.75) is 59.7 Å². The molecule has 2 aromatic carbocycles. The van der Waals surface area contributed by atoms with Gasteiger partial charge in [-0.25, -0.2) is 0 Å². The fourth-order valence-corrected chi connectivity index (χ4v) is 3.18.